The summed E-state index contributed by atoms with van der Waals surface area (Å²) in [6.07, 6.45) is 5.20. The largest absolute Gasteiger partial charge is 0.454 e. The zero-order chi connectivity index (χ0) is 18.3. The average Bonchev–Trinajstić information content (AvgIpc) is 3.30. The number of halogens is 1. The molecule has 1 aliphatic heterocycles. The molecule has 2 bridgehead atoms. The molecule has 7 heteroatoms. The summed E-state index contributed by atoms with van der Waals surface area (Å²) < 4.78 is 23.0. The molecular formula is C19H24ClNO4S. The van der Waals surface area contributed by atoms with Crippen LogP contribution in [0.4, 0.5) is 0 Å². The van der Waals surface area contributed by atoms with Crippen LogP contribution < -0.4 is 14.8 Å². The molecule has 2 saturated carbocycles. The number of fused-ring (bicyclic) bond motifs is 3. The van der Waals surface area contributed by atoms with E-state index in [1.54, 1.807) is 12.1 Å². The minimum Gasteiger partial charge on any atom is -0.454 e. The Morgan fingerprint density at radius 3 is 2.92 bits per heavy atom. The van der Waals surface area contributed by atoms with Gasteiger partial charge in [-0.2, -0.15) is 0 Å². The fourth-order valence-corrected chi connectivity index (χ4v) is 6.10. The molecule has 26 heavy (non-hydrogen) atoms. The fraction of sp³-hybridized carbons (Fsp3) is 0.632. The van der Waals surface area contributed by atoms with E-state index < -0.39 is 10.8 Å². The lowest BCUT2D eigenvalue weighted by atomic mass is 9.84. The number of rotatable bonds is 6. The van der Waals surface area contributed by atoms with Crippen molar-refractivity contribution in [2.45, 2.75) is 44.4 Å². The first-order valence-electron chi connectivity index (χ1n) is 9.22. The molecule has 1 N–H and O–H groups in total. The highest BCUT2D eigenvalue weighted by atomic mass is 35.5. The first-order valence-corrected chi connectivity index (χ1v) is 11.1. The summed E-state index contributed by atoms with van der Waals surface area (Å²) in [4.78, 5) is 12.3. The zero-order valence-corrected chi connectivity index (χ0v) is 16.4. The van der Waals surface area contributed by atoms with Gasteiger partial charge in [0.2, 0.25) is 12.7 Å². The number of benzene rings is 1. The summed E-state index contributed by atoms with van der Waals surface area (Å²) in [5.74, 6) is 3.44. The van der Waals surface area contributed by atoms with Crippen LogP contribution in [-0.2, 0) is 21.3 Å². The second-order valence-electron chi connectivity index (χ2n) is 7.73. The van der Waals surface area contributed by atoms with Gasteiger partial charge in [-0.15, -0.1) is 0 Å². The van der Waals surface area contributed by atoms with Crippen LogP contribution in [0.3, 0.4) is 0 Å². The molecule has 142 valence electrons. The number of hydrogen-bond acceptors (Lipinski definition) is 4. The number of nitrogens with one attached hydrogen (secondary N) is 1. The summed E-state index contributed by atoms with van der Waals surface area (Å²) in [7, 11) is -1.29. The van der Waals surface area contributed by atoms with E-state index in [1.807, 2.05) is 0 Å². The molecular weight excluding hydrogens is 374 g/mol. The summed E-state index contributed by atoms with van der Waals surface area (Å²) in [6.45, 7) is 2.23. The van der Waals surface area contributed by atoms with E-state index in [2.05, 4.69) is 12.2 Å². The Hall–Kier alpha value is -1.27. The zero-order valence-electron chi connectivity index (χ0n) is 14.8. The molecule has 1 aromatic rings. The van der Waals surface area contributed by atoms with Crippen molar-refractivity contribution in [1.29, 1.82) is 0 Å². The van der Waals surface area contributed by atoms with Gasteiger partial charge >= 0.3 is 0 Å². The smallest absolute Gasteiger partial charge is 0.232 e. The van der Waals surface area contributed by atoms with Crippen molar-refractivity contribution < 1.29 is 18.5 Å². The van der Waals surface area contributed by atoms with Crippen molar-refractivity contribution in [2.24, 2.45) is 17.8 Å². The highest BCUT2D eigenvalue weighted by molar-refractivity contribution is 7.84. The summed E-state index contributed by atoms with van der Waals surface area (Å²) in [6, 6.07) is 3.67. The molecule has 0 saturated heterocycles. The van der Waals surface area contributed by atoms with Crippen LogP contribution in [0.15, 0.2) is 12.1 Å². The quantitative estimate of drug-likeness (QED) is 0.800. The van der Waals surface area contributed by atoms with Crippen molar-refractivity contribution in [3.63, 3.8) is 0 Å². The molecule has 5 unspecified atom stereocenters. The predicted molar refractivity (Wildman–Crippen MR) is 101 cm³/mol. The Morgan fingerprint density at radius 2 is 2.19 bits per heavy atom. The summed E-state index contributed by atoms with van der Waals surface area (Å²) in [5, 5.41) is 3.52. The molecule has 2 aliphatic carbocycles. The van der Waals surface area contributed by atoms with Crippen molar-refractivity contribution in [3.8, 4) is 11.5 Å². The van der Waals surface area contributed by atoms with Gasteiger partial charge in [0.1, 0.15) is 5.75 Å². The van der Waals surface area contributed by atoms with Gasteiger partial charge in [0.15, 0.2) is 11.5 Å². The minimum atomic E-state index is -1.29. The average molecular weight is 398 g/mol. The van der Waals surface area contributed by atoms with Crippen molar-refractivity contribution in [3.05, 3.63) is 22.7 Å². The molecule has 2 fully saturated rings. The molecule has 1 heterocycles. The van der Waals surface area contributed by atoms with Gasteiger partial charge in [-0.05, 0) is 61.6 Å². The van der Waals surface area contributed by atoms with E-state index in [1.165, 1.54) is 25.7 Å². The summed E-state index contributed by atoms with van der Waals surface area (Å²) >= 11 is 6.15. The Balaban J connectivity index is 1.29. The van der Waals surface area contributed by atoms with Crippen LogP contribution in [0, 0.1) is 17.8 Å². The Kier molecular flexibility index (Phi) is 5.15. The van der Waals surface area contributed by atoms with Gasteiger partial charge in [0, 0.05) is 22.6 Å². The van der Waals surface area contributed by atoms with E-state index in [0.29, 0.717) is 22.4 Å². The number of carbonyl (C=O) groups excluding carboxylic acids is 1. The third-order valence-corrected chi connectivity index (χ3v) is 7.45. The van der Waals surface area contributed by atoms with E-state index in [9.17, 15) is 9.00 Å². The topological polar surface area (TPSA) is 64.6 Å². The van der Waals surface area contributed by atoms with Crippen LogP contribution in [0.2, 0.25) is 5.02 Å². The van der Waals surface area contributed by atoms with E-state index in [0.717, 1.165) is 17.4 Å². The molecule has 1 amide bonds. The molecule has 0 aromatic heterocycles. The van der Waals surface area contributed by atoms with Crippen LogP contribution in [-0.4, -0.2) is 28.7 Å². The number of ether oxygens (including phenoxy) is 2. The third-order valence-electron chi connectivity index (χ3n) is 5.93. The third kappa shape index (κ3) is 3.72. The summed E-state index contributed by atoms with van der Waals surface area (Å²) in [5.41, 5.74) is 0.784. The lowest BCUT2D eigenvalue weighted by molar-refractivity contribution is -0.119. The highest BCUT2D eigenvalue weighted by Crippen LogP contribution is 2.49. The van der Waals surface area contributed by atoms with Gasteiger partial charge in [0.05, 0.1) is 5.02 Å². The second kappa shape index (κ2) is 7.39. The van der Waals surface area contributed by atoms with Gasteiger partial charge in [-0.3, -0.25) is 9.00 Å². The standard InChI is InChI=1S/C19H24ClNO4S/c1-11(15-5-12-2-3-14(15)4-12)21-18(22)9-26(23)8-13-6-16(20)19-17(7-13)24-10-25-19/h6-7,11-12,14-15H,2-5,8-10H2,1H3,(H,21,22). The fourth-order valence-electron chi connectivity index (χ4n) is 4.80. The maximum absolute atomic E-state index is 12.4. The maximum Gasteiger partial charge on any atom is 0.232 e. The van der Waals surface area contributed by atoms with Crippen LogP contribution in [0.1, 0.15) is 38.2 Å². The SMILES string of the molecule is CC(NC(=O)CS(=O)Cc1cc(Cl)c2c(c1)OCO2)C1CC2CCC1C2. The molecule has 5 atom stereocenters. The molecule has 0 radical (unpaired) electrons. The lowest BCUT2D eigenvalue weighted by Crippen LogP contribution is -2.42. The lowest BCUT2D eigenvalue weighted by Gasteiger charge is -2.28. The van der Waals surface area contributed by atoms with E-state index in [4.69, 9.17) is 21.1 Å². The van der Waals surface area contributed by atoms with Crippen molar-refractivity contribution >= 4 is 28.3 Å². The van der Waals surface area contributed by atoms with Crippen molar-refractivity contribution in [2.75, 3.05) is 12.5 Å². The minimum absolute atomic E-state index is 0.0111. The van der Waals surface area contributed by atoms with Gasteiger partial charge in [-0.1, -0.05) is 18.0 Å². The molecule has 0 spiro atoms. The van der Waals surface area contributed by atoms with Crippen LogP contribution in [0.25, 0.3) is 0 Å². The van der Waals surface area contributed by atoms with Crippen molar-refractivity contribution in [1.82, 2.24) is 5.32 Å². The highest BCUT2D eigenvalue weighted by Gasteiger charge is 2.42. The monoisotopic (exact) mass is 397 g/mol. The van der Waals surface area contributed by atoms with E-state index in [-0.39, 0.29) is 30.2 Å². The maximum atomic E-state index is 12.4. The normalized spacial score (nSPS) is 28.2. The Labute approximate surface area is 161 Å². The van der Waals surface area contributed by atoms with Crippen LogP contribution in [0.5, 0.6) is 11.5 Å². The second-order valence-corrected chi connectivity index (χ2v) is 9.60. The van der Waals surface area contributed by atoms with E-state index >= 15 is 0 Å². The Morgan fingerprint density at radius 1 is 1.35 bits per heavy atom. The first kappa shape index (κ1) is 18.1. The van der Waals surface area contributed by atoms with Gasteiger partial charge in [0.25, 0.3) is 0 Å². The molecule has 3 aliphatic rings. The molecule has 4 rings (SSSR count). The number of hydrogen-bond donors (Lipinski definition) is 1. The number of carbonyl (C=O) groups is 1. The van der Waals surface area contributed by atoms with Gasteiger partial charge in [-0.25, -0.2) is 0 Å². The predicted octanol–water partition coefficient (Wildman–Crippen LogP) is 3.26. The van der Waals surface area contributed by atoms with Gasteiger partial charge < -0.3 is 14.8 Å². The molecule has 5 nitrogen and oxygen atoms in total. The Bertz CT molecular complexity index is 740. The number of amides is 1. The van der Waals surface area contributed by atoms with Crippen LogP contribution >= 0.6 is 11.6 Å². The molecule has 1 aromatic carbocycles. The first-order chi connectivity index (χ1) is 12.5.